The van der Waals surface area contributed by atoms with E-state index in [9.17, 15) is 22.0 Å². The zero-order valence-electron chi connectivity index (χ0n) is 29.7. The maximum Gasteiger partial charge on any atom is 0.337 e. The largest absolute Gasteiger partial charge is 0.465 e. The van der Waals surface area contributed by atoms with E-state index in [1.807, 2.05) is 24.3 Å². The summed E-state index contributed by atoms with van der Waals surface area (Å²) in [6.07, 6.45) is 7.84. The third kappa shape index (κ3) is 7.97. The number of carbonyl (C=O) groups excluding carboxylic acids is 1. The fourth-order valence-electron chi connectivity index (χ4n) is 5.76. The quantitative estimate of drug-likeness (QED) is 0.143. The molecule has 56 heavy (non-hydrogen) atoms. The van der Waals surface area contributed by atoms with Gasteiger partial charge >= 0.3 is 5.97 Å². The summed E-state index contributed by atoms with van der Waals surface area (Å²) >= 11 is 0. The van der Waals surface area contributed by atoms with Crippen molar-refractivity contribution in [1.82, 2.24) is 40.0 Å². The van der Waals surface area contributed by atoms with Gasteiger partial charge in [0.15, 0.2) is 9.84 Å². The van der Waals surface area contributed by atoms with Crippen molar-refractivity contribution in [2.45, 2.75) is 4.90 Å². The van der Waals surface area contributed by atoms with Crippen LogP contribution in [0.25, 0.3) is 56.4 Å². The molecule has 0 atom stereocenters. The van der Waals surface area contributed by atoms with Crippen LogP contribution in [0.3, 0.4) is 0 Å². The highest BCUT2D eigenvalue weighted by molar-refractivity contribution is 7.90. The molecule has 0 aliphatic carbocycles. The summed E-state index contributed by atoms with van der Waals surface area (Å²) in [7, 11) is -1.96. The fourth-order valence-corrected chi connectivity index (χ4v) is 6.39. The monoisotopic (exact) mass is 768 g/mol. The van der Waals surface area contributed by atoms with Gasteiger partial charge in [0, 0.05) is 53.3 Å². The lowest BCUT2D eigenvalue weighted by Crippen LogP contribution is -2.03. The summed E-state index contributed by atoms with van der Waals surface area (Å²) < 4.78 is 58.1. The van der Waals surface area contributed by atoms with Crippen molar-refractivity contribution in [2.75, 3.05) is 13.4 Å². The lowest BCUT2D eigenvalue weighted by molar-refractivity contribution is 0.0600. The van der Waals surface area contributed by atoms with Crippen molar-refractivity contribution in [3.05, 3.63) is 163 Å². The Kier molecular flexibility index (Phi) is 10.6. The smallest absolute Gasteiger partial charge is 0.337 e. The molecule has 15 heteroatoms. The van der Waals surface area contributed by atoms with Crippen LogP contribution in [0.4, 0.5) is 8.78 Å². The van der Waals surface area contributed by atoms with Crippen LogP contribution in [0.2, 0.25) is 0 Å². The van der Waals surface area contributed by atoms with Gasteiger partial charge in [0.2, 0.25) is 0 Å². The zero-order valence-corrected chi connectivity index (χ0v) is 30.5. The first-order chi connectivity index (χ1) is 27.1. The van der Waals surface area contributed by atoms with Crippen molar-refractivity contribution < 1.29 is 26.7 Å². The van der Waals surface area contributed by atoms with Gasteiger partial charge in [0.25, 0.3) is 0 Å². The number of esters is 1. The van der Waals surface area contributed by atoms with Crippen LogP contribution in [0, 0.1) is 11.6 Å². The Hall–Kier alpha value is -7.26. The molecule has 4 aromatic carbocycles. The number of hydrogen-bond donors (Lipinski definition) is 0. The molecule has 4 aromatic heterocycles. The molecule has 0 bridgehead atoms. The number of hydrogen-bond acceptors (Lipinski definition) is 10. The molecule has 0 radical (unpaired) electrons. The topological polar surface area (TPSA) is 148 Å². The lowest BCUT2D eigenvalue weighted by atomic mass is 10.1. The van der Waals surface area contributed by atoms with Crippen molar-refractivity contribution in [2.24, 2.45) is 0 Å². The van der Waals surface area contributed by atoms with Crippen molar-refractivity contribution >= 4 is 15.8 Å². The second-order valence-corrected chi connectivity index (χ2v) is 14.2. The van der Waals surface area contributed by atoms with E-state index >= 15 is 0 Å². The summed E-state index contributed by atoms with van der Waals surface area (Å²) in [6, 6.07) is 32.7. The Morgan fingerprint density at radius 2 is 0.946 bits per heavy atom. The van der Waals surface area contributed by atoms with E-state index in [0.717, 1.165) is 34.3 Å². The van der Waals surface area contributed by atoms with Crippen LogP contribution < -0.4 is 0 Å². The Balaban J connectivity index is 0.000000172. The number of aromatic nitrogens is 8. The molecule has 0 amide bonds. The molecule has 0 aliphatic heterocycles. The third-order valence-corrected chi connectivity index (χ3v) is 9.65. The SMILES string of the molecule is COC(=O)c1ccc(-n2nnc(-c3ccc(F)cc3)c2-c2ccncc2)cc1.CS(=O)(=O)c1ccc(-n2nnc(-c3ccc(F)cc3)c2-c2ccncc2)cc1. The fraction of sp³-hybridized carbons (Fsp3) is 0.0488. The Morgan fingerprint density at radius 1 is 0.554 bits per heavy atom. The van der Waals surface area contributed by atoms with Crippen LogP contribution in [0.5, 0.6) is 0 Å². The van der Waals surface area contributed by atoms with Gasteiger partial charge in [-0.3, -0.25) is 9.97 Å². The molecular formula is C41H30F2N8O4S. The number of sulfone groups is 1. The first-order valence-electron chi connectivity index (χ1n) is 16.8. The normalized spacial score (nSPS) is 11.1. The molecule has 12 nitrogen and oxygen atoms in total. The molecular weight excluding hydrogens is 739 g/mol. The van der Waals surface area contributed by atoms with Gasteiger partial charge in [0.1, 0.15) is 34.4 Å². The average Bonchev–Trinajstić information content (AvgIpc) is 3.88. The van der Waals surface area contributed by atoms with E-state index in [-0.39, 0.29) is 16.5 Å². The first-order valence-corrected chi connectivity index (χ1v) is 18.7. The minimum absolute atomic E-state index is 0.223. The maximum absolute atomic E-state index is 13.3. The molecule has 0 spiro atoms. The molecule has 4 heterocycles. The molecule has 0 N–H and O–H groups in total. The van der Waals surface area contributed by atoms with Gasteiger partial charge in [-0.2, -0.15) is 0 Å². The molecule has 0 unspecified atom stereocenters. The summed E-state index contributed by atoms with van der Waals surface area (Å²) in [5.41, 5.74) is 7.58. The number of carbonyl (C=O) groups is 1. The van der Waals surface area contributed by atoms with Crippen molar-refractivity contribution in [3.63, 3.8) is 0 Å². The standard InChI is InChI=1S/C21H15FN4O2.C20H15FN4O2S/c1-28-21(27)16-4-8-18(9-5-16)26-20(15-10-12-23-13-11-15)19(24-25-26)14-2-6-17(22)7-3-14;1-28(26,27)18-8-6-17(7-9-18)25-20(15-10-12-22-13-11-15)19(23-24-25)14-2-4-16(21)5-3-14/h2*2-13H,1H3. The summed E-state index contributed by atoms with van der Waals surface area (Å²) in [4.78, 5) is 20.0. The highest BCUT2D eigenvalue weighted by Gasteiger charge is 2.20. The predicted octanol–water partition coefficient (Wildman–Crippen LogP) is 7.46. The number of ether oxygens (including phenoxy) is 1. The maximum atomic E-state index is 13.3. The molecule has 0 aliphatic rings. The number of nitrogens with zero attached hydrogens (tertiary/aromatic N) is 8. The number of pyridine rings is 2. The van der Waals surface area contributed by atoms with Crippen LogP contribution in [-0.2, 0) is 14.6 Å². The van der Waals surface area contributed by atoms with E-state index in [1.165, 1.54) is 43.5 Å². The number of rotatable bonds is 8. The number of halogens is 2. The van der Waals surface area contributed by atoms with E-state index < -0.39 is 15.8 Å². The first kappa shape index (κ1) is 37.1. The minimum atomic E-state index is -3.29. The van der Waals surface area contributed by atoms with E-state index in [4.69, 9.17) is 4.74 Å². The molecule has 8 aromatic rings. The summed E-state index contributed by atoms with van der Waals surface area (Å²) in [5, 5.41) is 17.2. The van der Waals surface area contributed by atoms with Gasteiger partial charge in [-0.1, -0.05) is 10.4 Å². The van der Waals surface area contributed by atoms with E-state index in [0.29, 0.717) is 33.9 Å². The van der Waals surface area contributed by atoms with Gasteiger partial charge in [0.05, 0.1) is 28.9 Å². The Morgan fingerprint density at radius 3 is 1.32 bits per heavy atom. The molecule has 0 fully saturated rings. The van der Waals surface area contributed by atoms with Gasteiger partial charge in [-0.15, -0.1) is 10.2 Å². The third-order valence-electron chi connectivity index (χ3n) is 8.53. The van der Waals surface area contributed by atoms with Gasteiger partial charge < -0.3 is 4.74 Å². The predicted molar refractivity (Wildman–Crippen MR) is 204 cm³/mol. The van der Waals surface area contributed by atoms with Crippen LogP contribution in [-0.4, -0.2) is 67.7 Å². The van der Waals surface area contributed by atoms with Gasteiger partial charge in [-0.05, 0) is 121 Å². The summed E-state index contributed by atoms with van der Waals surface area (Å²) in [6.45, 7) is 0. The minimum Gasteiger partial charge on any atom is -0.465 e. The Labute approximate surface area is 319 Å². The van der Waals surface area contributed by atoms with Crippen LogP contribution >= 0.6 is 0 Å². The molecule has 0 saturated carbocycles. The van der Waals surface area contributed by atoms with Crippen LogP contribution in [0.15, 0.2) is 151 Å². The van der Waals surface area contributed by atoms with E-state index in [1.54, 1.807) is 94.8 Å². The van der Waals surface area contributed by atoms with Crippen molar-refractivity contribution in [3.8, 4) is 56.4 Å². The van der Waals surface area contributed by atoms with Crippen LogP contribution in [0.1, 0.15) is 10.4 Å². The second-order valence-electron chi connectivity index (χ2n) is 12.2. The zero-order chi connectivity index (χ0) is 39.2. The highest BCUT2D eigenvalue weighted by atomic mass is 32.2. The average molecular weight is 769 g/mol. The Bertz CT molecular complexity index is 2710. The number of methoxy groups -OCH3 is 1. The summed E-state index contributed by atoms with van der Waals surface area (Å²) in [5.74, 6) is -1.07. The molecule has 0 saturated heterocycles. The van der Waals surface area contributed by atoms with Gasteiger partial charge in [-0.25, -0.2) is 31.4 Å². The van der Waals surface area contributed by atoms with E-state index in [2.05, 4.69) is 30.6 Å². The molecule has 278 valence electrons. The second kappa shape index (κ2) is 16.0. The molecule has 8 rings (SSSR count). The highest BCUT2D eigenvalue weighted by Crippen LogP contribution is 2.33. The lowest BCUT2D eigenvalue weighted by Gasteiger charge is -2.09. The van der Waals surface area contributed by atoms with Crippen molar-refractivity contribution in [1.29, 1.82) is 0 Å². The number of benzene rings is 4.